The second-order valence-corrected chi connectivity index (χ2v) is 27.8. The first-order valence-corrected chi connectivity index (χ1v) is 28.5. The predicted molar refractivity (Wildman–Crippen MR) is 328 cm³/mol. The lowest BCUT2D eigenvalue weighted by Gasteiger charge is -2.51. The topological polar surface area (TPSA) is 6.48 Å². The Morgan fingerprint density at radius 1 is 0.447 bits per heavy atom. The van der Waals surface area contributed by atoms with Gasteiger partial charge < -0.3 is 9.80 Å². The lowest BCUT2D eigenvalue weighted by Crippen LogP contribution is -2.62. The average molecular weight is 995 g/mol. The summed E-state index contributed by atoms with van der Waals surface area (Å²) >= 11 is 0. The fraction of sp³-hybridized carbons (Fsp3) is 0.342. The maximum absolute atomic E-state index is 2.73. The molecule has 0 spiro atoms. The molecular weight excluding hydrogens is 916 g/mol. The molecule has 0 N–H and O–H groups in total. The predicted octanol–water partition coefficient (Wildman–Crippen LogP) is 18.3. The van der Waals surface area contributed by atoms with E-state index in [2.05, 4.69) is 277 Å². The summed E-state index contributed by atoms with van der Waals surface area (Å²) in [6, 6.07) is 66.9. The van der Waals surface area contributed by atoms with Crippen LogP contribution in [0.1, 0.15) is 167 Å². The largest absolute Gasteiger partial charge is 0.311 e. The minimum atomic E-state index is -0.0768. The van der Waals surface area contributed by atoms with Crippen LogP contribution in [0.2, 0.25) is 0 Å². The van der Waals surface area contributed by atoms with Gasteiger partial charge >= 0.3 is 0 Å². The molecule has 1 fully saturated rings. The quantitative estimate of drug-likeness (QED) is 0.153. The molecule has 3 atom stereocenters. The van der Waals surface area contributed by atoms with Crippen LogP contribution in [0.4, 0.5) is 34.1 Å². The van der Waals surface area contributed by atoms with Crippen LogP contribution in [0.25, 0.3) is 22.3 Å². The van der Waals surface area contributed by atoms with Crippen molar-refractivity contribution >= 4 is 57.2 Å². The SMILES string of the molecule is CC(C)(C)c1ccc(N(c2ccc(C(C)(C)C)cc2)c2cc3c4c(c2)N(c2ccc(C(C)(C)C)cc2-c2ccccc2)c2cc(C(C)(C)C)ccc2B4c2cc(-c4ccccc4)cc4c2C3C2(C)CCCCC42C)cc1. The third-order valence-electron chi connectivity index (χ3n) is 18.9. The molecule has 0 amide bonds. The van der Waals surface area contributed by atoms with E-state index >= 15 is 0 Å². The van der Waals surface area contributed by atoms with Crippen LogP contribution in [0.3, 0.4) is 0 Å². The van der Waals surface area contributed by atoms with Crippen LogP contribution in [0.15, 0.2) is 170 Å². The normalized spacial score (nSPS) is 19.7. The average Bonchev–Trinajstić information content (AvgIpc) is 3.76. The molecule has 12 rings (SSSR count). The molecule has 2 heterocycles. The molecule has 1 saturated carbocycles. The molecule has 0 saturated heterocycles. The molecule has 3 unspecified atom stereocenters. The third kappa shape index (κ3) is 7.95. The van der Waals surface area contributed by atoms with E-state index in [1.807, 2.05) is 0 Å². The molecule has 76 heavy (non-hydrogen) atoms. The van der Waals surface area contributed by atoms with E-state index in [1.165, 1.54) is 126 Å². The van der Waals surface area contributed by atoms with Crippen molar-refractivity contribution in [1.82, 2.24) is 0 Å². The van der Waals surface area contributed by atoms with E-state index in [0.717, 1.165) is 0 Å². The Morgan fingerprint density at radius 2 is 0.974 bits per heavy atom. The van der Waals surface area contributed by atoms with Gasteiger partial charge in [-0.2, -0.15) is 0 Å². The zero-order valence-corrected chi connectivity index (χ0v) is 48.0. The van der Waals surface area contributed by atoms with Crippen molar-refractivity contribution in [1.29, 1.82) is 0 Å². The Hall–Kier alpha value is -6.58. The summed E-state index contributed by atoms with van der Waals surface area (Å²) in [4.78, 5) is 5.31. The summed E-state index contributed by atoms with van der Waals surface area (Å²) in [6.07, 6.45) is 4.90. The van der Waals surface area contributed by atoms with Gasteiger partial charge in [-0.1, -0.05) is 230 Å². The molecule has 3 heteroatoms. The number of hydrogen-bond donors (Lipinski definition) is 0. The minimum absolute atomic E-state index is 0.00565. The highest BCUT2D eigenvalue weighted by atomic mass is 15.2. The number of anilines is 6. The fourth-order valence-electron chi connectivity index (χ4n) is 14.3. The van der Waals surface area contributed by atoms with Gasteiger partial charge in [-0.05, 0) is 166 Å². The summed E-state index contributed by atoms with van der Waals surface area (Å²) in [7, 11) is 0. The molecule has 0 radical (unpaired) electrons. The highest BCUT2D eigenvalue weighted by Crippen LogP contribution is 2.68. The monoisotopic (exact) mass is 995 g/mol. The van der Waals surface area contributed by atoms with Gasteiger partial charge in [0.25, 0.3) is 0 Å². The van der Waals surface area contributed by atoms with Crippen molar-refractivity contribution in [2.24, 2.45) is 5.41 Å². The lowest BCUT2D eigenvalue weighted by atomic mass is 9.30. The van der Waals surface area contributed by atoms with E-state index in [1.54, 1.807) is 11.1 Å². The molecule has 8 aromatic rings. The van der Waals surface area contributed by atoms with Crippen molar-refractivity contribution in [2.45, 2.75) is 156 Å². The molecule has 0 bridgehead atoms. The second kappa shape index (κ2) is 17.5. The molecular formula is C73H79BN2. The third-order valence-corrected chi connectivity index (χ3v) is 18.9. The minimum Gasteiger partial charge on any atom is -0.311 e. The summed E-state index contributed by atoms with van der Waals surface area (Å²) in [5, 5.41) is 0. The Bertz CT molecular complexity index is 3480. The van der Waals surface area contributed by atoms with Gasteiger partial charge in [0.15, 0.2) is 0 Å². The Kier molecular flexibility index (Phi) is 11.6. The Balaban J connectivity index is 1.24. The lowest BCUT2D eigenvalue weighted by molar-refractivity contribution is 0.0926. The molecule has 2 nitrogen and oxygen atoms in total. The van der Waals surface area contributed by atoms with Crippen LogP contribution in [-0.4, -0.2) is 6.71 Å². The van der Waals surface area contributed by atoms with Gasteiger partial charge in [0.05, 0.1) is 5.69 Å². The van der Waals surface area contributed by atoms with E-state index in [4.69, 9.17) is 0 Å². The first-order chi connectivity index (χ1) is 36.0. The van der Waals surface area contributed by atoms with Crippen molar-refractivity contribution in [3.05, 3.63) is 209 Å². The highest BCUT2D eigenvalue weighted by Gasteiger charge is 2.62. The summed E-state index contributed by atoms with van der Waals surface area (Å²) in [5.41, 5.74) is 26.7. The number of benzene rings is 8. The van der Waals surface area contributed by atoms with E-state index in [0.29, 0.717) is 0 Å². The van der Waals surface area contributed by atoms with Gasteiger partial charge in [0, 0.05) is 39.9 Å². The number of hydrogen-bond acceptors (Lipinski definition) is 2. The van der Waals surface area contributed by atoms with Crippen LogP contribution < -0.4 is 26.2 Å². The molecule has 4 aliphatic rings. The number of nitrogens with zero attached hydrogens (tertiary/aromatic N) is 2. The smallest absolute Gasteiger partial charge is 0.247 e. The van der Waals surface area contributed by atoms with Crippen LogP contribution in [0.5, 0.6) is 0 Å². The molecule has 2 aliphatic heterocycles. The van der Waals surface area contributed by atoms with Gasteiger partial charge in [0.1, 0.15) is 0 Å². The fourth-order valence-corrected chi connectivity index (χ4v) is 14.3. The van der Waals surface area contributed by atoms with Crippen molar-refractivity contribution in [2.75, 3.05) is 9.80 Å². The van der Waals surface area contributed by atoms with Crippen LogP contribution in [-0.2, 0) is 27.1 Å². The summed E-state index contributed by atoms with van der Waals surface area (Å²) < 4.78 is 0. The highest BCUT2D eigenvalue weighted by molar-refractivity contribution is 6.99. The van der Waals surface area contributed by atoms with E-state index in [9.17, 15) is 0 Å². The van der Waals surface area contributed by atoms with E-state index in [-0.39, 0.29) is 45.1 Å². The van der Waals surface area contributed by atoms with Crippen LogP contribution >= 0.6 is 0 Å². The van der Waals surface area contributed by atoms with Crippen LogP contribution in [0, 0.1) is 5.41 Å². The number of rotatable bonds is 6. The van der Waals surface area contributed by atoms with Crippen molar-refractivity contribution in [3.8, 4) is 22.3 Å². The second-order valence-electron chi connectivity index (χ2n) is 27.8. The number of fused-ring (bicyclic) bond motifs is 7. The van der Waals surface area contributed by atoms with Gasteiger partial charge in [0.2, 0.25) is 6.71 Å². The van der Waals surface area contributed by atoms with Crippen molar-refractivity contribution in [3.63, 3.8) is 0 Å². The maximum atomic E-state index is 2.73. The first kappa shape index (κ1) is 50.3. The van der Waals surface area contributed by atoms with Gasteiger partial charge in [-0.15, -0.1) is 0 Å². The van der Waals surface area contributed by atoms with Crippen molar-refractivity contribution < 1.29 is 0 Å². The molecule has 2 aliphatic carbocycles. The molecule has 0 aromatic heterocycles. The molecule has 384 valence electrons. The standard InChI is InChI=1S/C73H79BN2/c1-68(2,3)50-27-33-54(34-28-50)75(55-35-29-51(30-36-55)69(4,5)6)56-45-58-66-65-59(72(13)39-21-22-40-73(66,72)14)41-49(47-23-17-15-18-24-47)42-61(65)74-60-37-31-53(71(10,11)12)44-63(60)76(64(46-56)67(58)74)62-38-32-52(70(7,8)9)43-57(62)48-25-19-16-20-26-48/h15-20,23-38,41-46,66H,21-22,39-40H2,1-14H3. The zero-order valence-electron chi connectivity index (χ0n) is 48.0. The summed E-state index contributed by atoms with van der Waals surface area (Å²) in [6.45, 7) is 33.5. The zero-order chi connectivity index (χ0) is 53.5. The van der Waals surface area contributed by atoms with E-state index < -0.39 is 0 Å². The molecule has 8 aromatic carbocycles. The first-order valence-electron chi connectivity index (χ1n) is 28.5. The van der Waals surface area contributed by atoms with Gasteiger partial charge in [-0.3, -0.25) is 0 Å². The Labute approximate surface area is 456 Å². The maximum Gasteiger partial charge on any atom is 0.247 e. The summed E-state index contributed by atoms with van der Waals surface area (Å²) in [5.74, 6) is 0.208. The van der Waals surface area contributed by atoms with Gasteiger partial charge in [-0.25, -0.2) is 0 Å². The Morgan fingerprint density at radius 3 is 1.55 bits per heavy atom.